The van der Waals surface area contributed by atoms with E-state index in [0.717, 1.165) is 111 Å². The Morgan fingerprint density at radius 1 is 0.793 bits per heavy atom. The predicted octanol–water partition coefficient (Wildman–Crippen LogP) is 6.13. The Morgan fingerprint density at radius 3 is 2.47 bits per heavy atom. The van der Waals surface area contributed by atoms with Crippen LogP contribution in [0, 0.1) is 11.6 Å². The molecule has 4 fully saturated rings. The molecule has 4 aliphatic heterocycles. The zero-order chi connectivity index (χ0) is 39.3. The number of imidazole rings is 1. The molecule has 0 spiro atoms. The second-order valence-corrected chi connectivity index (χ2v) is 16.1. The van der Waals surface area contributed by atoms with Crippen LogP contribution in [0.4, 0.5) is 20.4 Å². The Labute approximate surface area is 335 Å². The van der Waals surface area contributed by atoms with Crippen LogP contribution in [0.2, 0.25) is 0 Å². The molecule has 6 aromatic rings. The van der Waals surface area contributed by atoms with Gasteiger partial charge in [0, 0.05) is 80.5 Å². The first kappa shape index (κ1) is 36.6. The number of rotatable bonds is 8. The van der Waals surface area contributed by atoms with E-state index in [0.29, 0.717) is 30.0 Å². The number of benzene rings is 2. The molecular formula is C44H46F2N10O2. The molecule has 10 rings (SSSR count). The summed E-state index contributed by atoms with van der Waals surface area (Å²) in [5.41, 5.74) is 4.03. The van der Waals surface area contributed by atoms with E-state index >= 15 is 4.39 Å². The first-order valence-corrected chi connectivity index (χ1v) is 20.5. The molecule has 58 heavy (non-hydrogen) atoms. The normalized spacial score (nSPS) is 21.4. The van der Waals surface area contributed by atoms with Crippen molar-refractivity contribution < 1.29 is 18.4 Å². The Kier molecular flexibility index (Phi) is 9.60. The van der Waals surface area contributed by atoms with Crippen LogP contribution in [-0.4, -0.2) is 97.6 Å². The van der Waals surface area contributed by atoms with Gasteiger partial charge in [0.1, 0.15) is 35.0 Å². The van der Waals surface area contributed by atoms with Crippen LogP contribution in [0.25, 0.3) is 27.8 Å². The summed E-state index contributed by atoms with van der Waals surface area (Å²) >= 11 is 0. The summed E-state index contributed by atoms with van der Waals surface area (Å²) in [6.45, 7) is 6.88. The molecule has 8 heterocycles. The molecular weight excluding hydrogens is 739 g/mol. The van der Waals surface area contributed by atoms with Gasteiger partial charge in [0.05, 0.1) is 17.9 Å². The number of piperidine rings is 2. The van der Waals surface area contributed by atoms with E-state index in [1.54, 1.807) is 29.1 Å². The lowest BCUT2D eigenvalue weighted by Gasteiger charge is -2.43. The number of anilines is 2. The number of piperazine rings is 1. The maximum atomic E-state index is 15.8. The molecule has 1 N–H and O–H groups in total. The van der Waals surface area contributed by atoms with Crippen LogP contribution in [0.1, 0.15) is 61.7 Å². The number of hydrogen-bond acceptors (Lipinski definition) is 9. The quantitative estimate of drug-likeness (QED) is 0.183. The van der Waals surface area contributed by atoms with Crippen LogP contribution in [0.5, 0.6) is 0 Å². The van der Waals surface area contributed by atoms with Crippen molar-refractivity contribution in [2.75, 3.05) is 55.6 Å². The average molecular weight is 785 g/mol. The molecule has 0 saturated carbocycles. The van der Waals surface area contributed by atoms with Gasteiger partial charge in [-0.2, -0.15) is 0 Å². The standard InChI is InChI=1S/C44H46F2N10O2/c45-32-5-1-4-29(24-32)36-7-3-17-55(36)41-13-12-39-47-25-38(56(39)50-41)35-6-2-8-40(48-35)53-22-20-52(21-23-53)33-15-18-51(19-16-33)26-31-10-9-30-27-54(28-34(30)43(31)46)37-11-14-42(57)49-44(37)58/h1-2,4-6,8-10,12-13,24-25,27-28,33,36-37H,3,7,11,14-23,26H2,(H,49,57,58)/t36-,37?/m1/s1. The largest absolute Gasteiger partial charge is 0.354 e. The van der Waals surface area contributed by atoms with Gasteiger partial charge in [-0.15, -0.1) is 5.10 Å². The van der Waals surface area contributed by atoms with E-state index in [2.05, 4.69) is 42.0 Å². The fourth-order valence-corrected chi connectivity index (χ4v) is 9.55. The van der Waals surface area contributed by atoms with Crippen LogP contribution >= 0.6 is 0 Å². The highest BCUT2D eigenvalue weighted by Crippen LogP contribution is 2.36. The third-order valence-corrected chi connectivity index (χ3v) is 12.7. The molecule has 2 aromatic carbocycles. The first-order valence-electron chi connectivity index (χ1n) is 20.5. The highest BCUT2D eigenvalue weighted by Gasteiger charge is 2.31. The van der Waals surface area contributed by atoms with Gasteiger partial charge in [-0.1, -0.05) is 30.3 Å². The number of aromatic nitrogens is 5. The maximum absolute atomic E-state index is 15.8. The minimum atomic E-state index is -0.504. The lowest BCUT2D eigenvalue weighted by molar-refractivity contribution is -0.135. The molecule has 0 aliphatic carbocycles. The number of amides is 2. The van der Waals surface area contributed by atoms with Gasteiger partial charge in [0.15, 0.2) is 5.65 Å². The van der Waals surface area contributed by atoms with Crippen molar-refractivity contribution in [2.45, 2.75) is 63.2 Å². The minimum absolute atomic E-state index is 0.0705. The summed E-state index contributed by atoms with van der Waals surface area (Å²) in [5.74, 6) is 0.722. The van der Waals surface area contributed by atoms with Crippen molar-refractivity contribution in [3.05, 3.63) is 108 Å². The van der Waals surface area contributed by atoms with E-state index in [-0.39, 0.29) is 35.9 Å². The average Bonchev–Trinajstić information content (AvgIpc) is 4.02. The SMILES string of the molecule is O=C1CCC(n2cc3ccc(CN4CCC(N5CCN(c6cccc(-c7cnc8ccc(N9CCC[C@@H]9c9cccc(F)c9)nn78)n6)CC5)CC4)c(F)c3c2)C(=O)N1. The first-order chi connectivity index (χ1) is 28.3. The summed E-state index contributed by atoms with van der Waals surface area (Å²) in [7, 11) is 0. The van der Waals surface area contributed by atoms with E-state index in [4.69, 9.17) is 10.1 Å². The fraction of sp³-hybridized carbons (Fsp3) is 0.386. The number of nitrogens with one attached hydrogen (secondary N) is 1. The van der Waals surface area contributed by atoms with Crippen molar-refractivity contribution in [1.82, 2.24) is 39.3 Å². The molecule has 4 saturated heterocycles. The van der Waals surface area contributed by atoms with Gasteiger partial charge in [0.25, 0.3) is 0 Å². The van der Waals surface area contributed by atoms with Gasteiger partial charge >= 0.3 is 0 Å². The summed E-state index contributed by atoms with van der Waals surface area (Å²) in [5, 5.41) is 8.70. The number of pyridine rings is 1. The van der Waals surface area contributed by atoms with E-state index < -0.39 is 6.04 Å². The number of carbonyl (C=O) groups is 2. The minimum Gasteiger partial charge on any atom is -0.354 e. The molecule has 2 atom stereocenters. The summed E-state index contributed by atoms with van der Waals surface area (Å²) < 4.78 is 33.5. The van der Waals surface area contributed by atoms with Crippen molar-refractivity contribution >= 4 is 39.9 Å². The van der Waals surface area contributed by atoms with Crippen LogP contribution in [0.15, 0.2) is 85.3 Å². The van der Waals surface area contributed by atoms with E-state index in [1.165, 1.54) is 6.07 Å². The molecule has 0 bridgehead atoms. The van der Waals surface area contributed by atoms with Crippen LogP contribution < -0.4 is 15.1 Å². The Morgan fingerprint density at radius 2 is 1.64 bits per heavy atom. The molecule has 12 nitrogen and oxygen atoms in total. The molecule has 4 aliphatic rings. The number of fused-ring (bicyclic) bond motifs is 2. The van der Waals surface area contributed by atoms with Crippen molar-refractivity contribution in [3.8, 4) is 11.4 Å². The monoisotopic (exact) mass is 784 g/mol. The van der Waals surface area contributed by atoms with Gasteiger partial charge in [-0.25, -0.2) is 23.3 Å². The zero-order valence-corrected chi connectivity index (χ0v) is 32.3. The molecule has 0 radical (unpaired) electrons. The molecule has 4 aromatic heterocycles. The van der Waals surface area contributed by atoms with E-state index in [9.17, 15) is 14.0 Å². The van der Waals surface area contributed by atoms with Crippen molar-refractivity contribution in [3.63, 3.8) is 0 Å². The third-order valence-electron chi connectivity index (χ3n) is 12.7. The smallest absolute Gasteiger partial charge is 0.249 e. The highest BCUT2D eigenvalue weighted by atomic mass is 19.1. The maximum Gasteiger partial charge on any atom is 0.249 e. The number of halogens is 2. The van der Waals surface area contributed by atoms with Gasteiger partial charge in [-0.3, -0.25) is 24.7 Å². The summed E-state index contributed by atoms with van der Waals surface area (Å²) in [4.78, 5) is 43.4. The Hall–Kier alpha value is -5.73. The zero-order valence-electron chi connectivity index (χ0n) is 32.3. The lowest BCUT2D eigenvalue weighted by atomic mass is 10.0. The number of imide groups is 1. The lowest BCUT2D eigenvalue weighted by Crippen LogP contribution is -2.53. The van der Waals surface area contributed by atoms with Crippen molar-refractivity contribution in [2.24, 2.45) is 0 Å². The molecule has 2 amide bonds. The fourth-order valence-electron chi connectivity index (χ4n) is 9.55. The molecule has 1 unspecified atom stereocenters. The van der Waals surface area contributed by atoms with Gasteiger partial charge in [-0.05, 0) is 87.2 Å². The van der Waals surface area contributed by atoms with Gasteiger partial charge < -0.3 is 14.4 Å². The summed E-state index contributed by atoms with van der Waals surface area (Å²) in [6, 6.07) is 20.9. The number of nitrogens with zero attached hydrogens (tertiary/aromatic N) is 9. The highest BCUT2D eigenvalue weighted by molar-refractivity contribution is 5.99. The van der Waals surface area contributed by atoms with Crippen molar-refractivity contribution in [1.29, 1.82) is 0 Å². The number of hydrogen-bond donors (Lipinski definition) is 1. The predicted molar refractivity (Wildman–Crippen MR) is 217 cm³/mol. The Balaban J connectivity index is 0.757. The molecule has 14 heteroatoms. The van der Waals surface area contributed by atoms with Crippen LogP contribution in [0.3, 0.4) is 0 Å². The third kappa shape index (κ3) is 6.98. The van der Waals surface area contributed by atoms with Gasteiger partial charge in [0.2, 0.25) is 11.8 Å². The summed E-state index contributed by atoms with van der Waals surface area (Å²) in [6.07, 6.45) is 10.1. The number of likely N-dealkylation sites (tertiary alicyclic amines) is 1. The van der Waals surface area contributed by atoms with Crippen LogP contribution in [-0.2, 0) is 16.1 Å². The molecule has 298 valence electrons. The topological polar surface area (TPSA) is 107 Å². The Bertz CT molecular complexity index is 2500. The second kappa shape index (κ2) is 15.2. The second-order valence-electron chi connectivity index (χ2n) is 16.1. The van der Waals surface area contributed by atoms with E-state index in [1.807, 2.05) is 47.1 Å². The number of carbonyl (C=O) groups excluding carboxylic acids is 2.